The molecule has 0 aliphatic rings. The van der Waals surface area contributed by atoms with Gasteiger partial charge in [0.05, 0.1) is 5.69 Å². The third kappa shape index (κ3) is 4.90. The lowest BCUT2D eigenvalue weighted by Crippen LogP contribution is -2.37. The van der Waals surface area contributed by atoms with E-state index in [0.29, 0.717) is 31.4 Å². The van der Waals surface area contributed by atoms with Crippen molar-refractivity contribution >= 4 is 5.91 Å². The molecule has 1 amide bonds. The number of hydrogen-bond acceptors (Lipinski definition) is 4. The highest BCUT2D eigenvalue weighted by Crippen LogP contribution is 2.23. The molecule has 6 heteroatoms. The minimum Gasteiger partial charge on any atom is -0.334 e. The van der Waals surface area contributed by atoms with E-state index < -0.39 is 0 Å². The van der Waals surface area contributed by atoms with Crippen molar-refractivity contribution in [1.82, 2.24) is 19.7 Å². The van der Waals surface area contributed by atoms with Crippen LogP contribution in [0.15, 0.2) is 54.6 Å². The molecule has 0 bridgehead atoms. The van der Waals surface area contributed by atoms with Crippen LogP contribution in [0.3, 0.4) is 0 Å². The summed E-state index contributed by atoms with van der Waals surface area (Å²) in [6, 6.07) is 18.2. The highest BCUT2D eigenvalue weighted by atomic mass is 16.2. The van der Waals surface area contributed by atoms with Crippen molar-refractivity contribution in [2.24, 2.45) is 5.73 Å². The van der Waals surface area contributed by atoms with E-state index in [1.807, 2.05) is 43.3 Å². The van der Waals surface area contributed by atoms with Gasteiger partial charge in [-0.15, -0.1) is 5.10 Å². The number of hydrogen-bond donors (Lipinski definition) is 1. The number of aromatic nitrogens is 3. The van der Waals surface area contributed by atoms with Crippen molar-refractivity contribution in [3.05, 3.63) is 77.4 Å². The SMILES string of the molecule is Cc1nc(C(=O)N(CCN)CCc2ccccc2)nn1-c1ccccc1C(C)C. The van der Waals surface area contributed by atoms with Gasteiger partial charge in [0.25, 0.3) is 5.91 Å². The Morgan fingerprint density at radius 1 is 1.07 bits per heavy atom. The van der Waals surface area contributed by atoms with Crippen LogP contribution >= 0.6 is 0 Å². The second kappa shape index (κ2) is 9.47. The number of benzene rings is 2. The second-order valence-corrected chi connectivity index (χ2v) is 7.42. The molecular formula is C23H29N5O. The molecule has 0 aliphatic carbocycles. The summed E-state index contributed by atoms with van der Waals surface area (Å²) in [5.41, 5.74) is 9.07. The number of amides is 1. The van der Waals surface area contributed by atoms with Crippen LogP contribution in [0.25, 0.3) is 5.69 Å². The normalized spacial score (nSPS) is 11.1. The van der Waals surface area contributed by atoms with Crippen molar-refractivity contribution < 1.29 is 4.79 Å². The maximum Gasteiger partial charge on any atom is 0.293 e. The highest BCUT2D eigenvalue weighted by Gasteiger charge is 2.22. The fourth-order valence-electron chi connectivity index (χ4n) is 3.40. The quantitative estimate of drug-likeness (QED) is 0.639. The zero-order valence-electron chi connectivity index (χ0n) is 17.4. The first-order chi connectivity index (χ1) is 14.0. The first kappa shape index (κ1) is 20.7. The molecule has 6 nitrogen and oxygen atoms in total. The van der Waals surface area contributed by atoms with E-state index in [9.17, 15) is 4.79 Å². The Kier molecular flexibility index (Phi) is 6.77. The standard InChI is InChI=1S/C23H29N5O/c1-17(2)20-11-7-8-12-21(20)28-18(3)25-22(26-28)23(29)27(16-14-24)15-13-19-9-5-4-6-10-19/h4-12,17H,13-16,24H2,1-3H3. The van der Waals surface area contributed by atoms with Gasteiger partial charge in [-0.2, -0.15) is 0 Å². The lowest BCUT2D eigenvalue weighted by molar-refractivity contribution is 0.0750. The van der Waals surface area contributed by atoms with Crippen molar-refractivity contribution in [2.75, 3.05) is 19.6 Å². The molecule has 152 valence electrons. The molecule has 1 heterocycles. The first-order valence-electron chi connectivity index (χ1n) is 10.1. The highest BCUT2D eigenvalue weighted by molar-refractivity contribution is 5.90. The van der Waals surface area contributed by atoms with Crippen molar-refractivity contribution in [3.8, 4) is 5.69 Å². The van der Waals surface area contributed by atoms with Gasteiger partial charge in [0.15, 0.2) is 0 Å². The molecule has 0 radical (unpaired) electrons. The summed E-state index contributed by atoms with van der Waals surface area (Å²) in [6.07, 6.45) is 0.766. The molecule has 0 spiro atoms. The van der Waals surface area contributed by atoms with Gasteiger partial charge in [-0.3, -0.25) is 4.79 Å². The van der Waals surface area contributed by atoms with Gasteiger partial charge in [-0.05, 0) is 36.5 Å². The molecule has 3 aromatic rings. The molecule has 3 rings (SSSR count). The van der Waals surface area contributed by atoms with E-state index in [4.69, 9.17) is 5.73 Å². The van der Waals surface area contributed by atoms with E-state index in [0.717, 1.165) is 12.1 Å². The first-order valence-corrected chi connectivity index (χ1v) is 10.1. The van der Waals surface area contributed by atoms with Gasteiger partial charge >= 0.3 is 0 Å². The number of nitrogens with zero attached hydrogens (tertiary/aromatic N) is 4. The van der Waals surface area contributed by atoms with Gasteiger partial charge in [-0.1, -0.05) is 62.4 Å². The van der Waals surface area contributed by atoms with E-state index >= 15 is 0 Å². The molecular weight excluding hydrogens is 362 g/mol. The van der Waals surface area contributed by atoms with Crippen LogP contribution in [0.2, 0.25) is 0 Å². The van der Waals surface area contributed by atoms with Crippen LogP contribution in [0.4, 0.5) is 0 Å². The van der Waals surface area contributed by atoms with Crippen LogP contribution in [0.5, 0.6) is 0 Å². The molecule has 29 heavy (non-hydrogen) atoms. The summed E-state index contributed by atoms with van der Waals surface area (Å²) in [5, 5.41) is 4.55. The predicted octanol–water partition coefficient (Wildman–Crippen LogP) is 3.34. The average molecular weight is 392 g/mol. The lowest BCUT2D eigenvalue weighted by Gasteiger charge is -2.20. The van der Waals surface area contributed by atoms with Crippen LogP contribution in [-0.4, -0.2) is 45.2 Å². The third-order valence-electron chi connectivity index (χ3n) is 4.95. The van der Waals surface area contributed by atoms with Crippen LogP contribution < -0.4 is 5.73 Å². The van der Waals surface area contributed by atoms with E-state index in [1.165, 1.54) is 11.1 Å². The summed E-state index contributed by atoms with van der Waals surface area (Å²) in [5.74, 6) is 1.06. The second-order valence-electron chi connectivity index (χ2n) is 7.42. The van der Waals surface area contributed by atoms with E-state index in [-0.39, 0.29) is 11.7 Å². The number of carbonyl (C=O) groups is 1. The Labute approximate surface area is 172 Å². The lowest BCUT2D eigenvalue weighted by atomic mass is 10.0. The molecule has 1 aromatic heterocycles. The summed E-state index contributed by atoms with van der Waals surface area (Å²) in [6.45, 7) is 7.61. The van der Waals surface area contributed by atoms with Gasteiger partial charge < -0.3 is 10.6 Å². The number of aryl methyl sites for hydroxylation is 1. The van der Waals surface area contributed by atoms with Crippen LogP contribution in [0.1, 0.15) is 47.3 Å². The molecule has 0 atom stereocenters. The topological polar surface area (TPSA) is 77.0 Å². The predicted molar refractivity (Wildman–Crippen MR) is 115 cm³/mol. The Balaban J connectivity index is 1.84. The van der Waals surface area contributed by atoms with E-state index in [1.54, 1.807) is 9.58 Å². The van der Waals surface area contributed by atoms with Gasteiger partial charge in [0, 0.05) is 19.6 Å². The Morgan fingerprint density at radius 2 is 1.76 bits per heavy atom. The van der Waals surface area contributed by atoms with E-state index in [2.05, 4.69) is 42.1 Å². The molecule has 0 aliphatic heterocycles. The van der Waals surface area contributed by atoms with Gasteiger partial charge in [-0.25, -0.2) is 9.67 Å². The Bertz CT molecular complexity index is 949. The molecule has 0 saturated carbocycles. The fraction of sp³-hybridized carbons (Fsp3) is 0.348. The average Bonchev–Trinajstić information content (AvgIpc) is 3.12. The zero-order chi connectivity index (χ0) is 20.8. The monoisotopic (exact) mass is 391 g/mol. The molecule has 2 aromatic carbocycles. The summed E-state index contributed by atoms with van der Waals surface area (Å²) < 4.78 is 1.76. The molecule has 2 N–H and O–H groups in total. The van der Waals surface area contributed by atoms with Gasteiger partial charge in [0.2, 0.25) is 5.82 Å². The summed E-state index contributed by atoms with van der Waals surface area (Å²) in [7, 11) is 0. The molecule has 0 fully saturated rings. The van der Waals surface area contributed by atoms with Crippen molar-refractivity contribution in [2.45, 2.75) is 33.1 Å². The summed E-state index contributed by atoms with van der Waals surface area (Å²) in [4.78, 5) is 19.3. The molecule has 0 unspecified atom stereocenters. The maximum absolute atomic E-state index is 13.1. The number of nitrogens with two attached hydrogens (primary N) is 1. The summed E-state index contributed by atoms with van der Waals surface area (Å²) >= 11 is 0. The van der Waals surface area contributed by atoms with Crippen LogP contribution in [0, 0.1) is 6.92 Å². The zero-order valence-corrected chi connectivity index (χ0v) is 17.4. The maximum atomic E-state index is 13.1. The number of carbonyl (C=O) groups excluding carboxylic acids is 1. The van der Waals surface area contributed by atoms with Crippen molar-refractivity contribution in [1.29, 1.82) is 0 Å². The third-order valence-corrected chi connectivity index (χ3v) is 4.95. The number of rotatable bonds is 8. The minimum absolute atomic E-state index is 0.185. The Morgan fingerprint density at radius 3 is 2.45 bits per heavy atom. The van der Waals surface area contributed by atoms with Crippen LogP contribution in [-0.2, 0) is 6.42 Å². The Hall–Kier alpha value is -2.99. The largest absolute Gasteiger partial charge is 0.334 e. The fourth-order valence-corrected chi connectivity index (χ4v) is 3.40. The van der Waals surface area contributed by atoms with Gasteiger partial charge in [0.1, 0.15) is 5.82 Å². The molecule has 0 saturated heterocycles. The number of para-hydroxylation sites is 1. The smallest absolute Gasteiger partial charge is 0.293 e. The minimum atomic E-state index is -0.185. The van der Waals surface area contributed by atoms with Crippen molar-refractivity contribution in [3.63, 3.8) is 0 Å².